The molecule has 0 fully saturated rings. The van der Waals surface area contributed by atoms with Crippen LogP contribution in [-0.4, -0.2) is 12.8 Å². The van der Waals surface area contributed by atoms with Crippen molar-refractivity contribution < 1.29 is 4.79 Å². The van der Waals surface area contributed by atoms with Gasteiger partial charge in [-0.05, 0) is 56.7 Å². The van der Waals surface area contributed by atoms with Gasteiger partial charge in [-0.15, -0.1) is 0 Å². The average Bonchev–Trinajstić information content (AvgIpc) is 2.38. The SMILES string of the molecule is CC(=O)c1ccc(N(C)c2ccc(C)cc2C)cc1. The topological polar surface area (TPSA) is 20.3 Å². The number of rotatable bonds is 3. The van der Waals surface area contributed by atoms with Crippen molar-refractivity contribution in [2.24, 2.45) is 0 Å². The Balaban J connectivity index is 2.33. The minimum Gasteiger partial charge on any atom is -0.344 e. The molecule has 2 nitrogen and oxygen atoms in total. The third-order valence-corrected chi connectivity index (χ3v) is 3.37. The summed E-state index contributed by atoms with van der Waals surface area (Å²) in [5.74, 6) is 0.0979. The highest BCUT2D eigenvalue weighted by molar-refractivity contribution is 5.94. The molecule has 0 unspecified atom stereocenters. The molecular weight excluding hydrogens is 234 g/mol. The largest absolute Gasteiger partial charge is 0.344 e. The lowest BCUT2D eigenvalue weighted by atomic mass is 10.1. The Labute approximate surface area is 114 Å². The number of aryl methyl sites for hydroxylation is 2. The summed E-state index contributed by atoms with van der Waals surface area (Å²) in [6.45, 7) is 5.80. The predicted octanol–water partition coefficient (Wildman–Crippen LogP) is 4.27. The van der Waals surface area contributed by atoms with Crippen LogP contribution in [0.25, 0.3) is 0 Å². The van der Waals surface area contributed by atoms with Crippen LogP contribution in [0.15, 0.2) is 42.5 Å². The van der Waals surface area contributed by atoms with Crippen LogP contribution in [0.4, 0.5) is 11.4 Å². The van der Waals surface area contributed by atoms with Crippen molar-refractivity contribution in [2.45, 2.75) is 20.8 Å². The maximum Gasteiger partial charge on any atom is 0.159 e. The molecule has 0 N–H and O–H groups in total. The smallest absolute Gasteiger partial charge is 0.159 e. The summed E-state index contributed by atoms with van der Waals surface area (Å²) in [5.41, 5.74) is 5.52. The predicted molar refractivity (Wildman–Crippen MR) is 80.4 cm³/mol. The molecule has 0 saturated heterocycles. The fraction of sp³-hybridized carbons (Fsp3) is 0.235. The van der Waals surface area contributed by atoms with Crippen LogP contribution < -0.4 is 4.90 Å². The van der Waals surface area contributed by atoms with Crippen LogP contribution in [0, 0.1) is 13.8 Å². The zero-order valence-corrected chi connectivity index (χ0v) is 11.9. The minimum atomic E-state index is 0.0979. The molecule has 2 rings (SSSR count). The highest BCUT2D eigenvalue weighted by Crippen LogP contribution is 2.27. The molecule has 2 aromatic carbocycles. The number of hydrogen-bond donors (Lipinski definition) is 0. The van der Waals surface area contributed by atoms with E-state index in [0.29, 0.717) is 0 Å². The molecular formula is C17H19NO. The third kappa shape index (κ3) is 2.84. The Morgan fingerprint density at radius 2 is 1.63 bits per heavy atom. The molecule has 0 aliphatic rings. The Morgan fingerprint density at radius 3 is 2.16 bits per heavy atom. The van der Waals surface area contributed by atoms with Gasteiger partial charge in [-0.1, -0.05) is 17.7 Å². The van der Waals surface area contributed by atoms with Crippen LogP contribution in [0.5, 0.6) is 0 Å². The Hall–Kier alpha value is -2.09. The van der Waals surface area contributed by atoms with Gasteiger partial charge in [0.15, 0.2) is 5.78 Å². The van der Waals surface area contributed by atoms with Crippen molar-refractivity contribution in [1.29, 1.82) is 0 Å². The van der Waals surface area contributed by atoms with Crippen molar-refractivity contribution in [1.82, 2.24) is 0 Å². The van der Waals surface area contributed by atoms with Gasteiger partial charge in [0.25, 0.3) is 0 Å². The monoisotopic (exact) mass is 253 g/mol. The van der Waals surface area contributed by atoms with Crippen LogP contribution in [0.1, 0.15) is 28.4 Å². The zero-order chi connectivity index (χ0) is 14.0. The van der Waals surface area contributed by atoms with Gasteiger partial charge in [0.1, 0.15) is 0 Å². The van der Waals surface area contributed by atoms with E-state index in [1.807, 2.05) is 31.3 Å². The normalized spacial score (nSPS) is 10.3. The maximum absolute atomic E-state index is 11.3. The molecule has 0 aromatic heterocycles. The number of nitrogens with zero attached hydrogens (tertiary/aromatic N) is 1. The number of carbonyl (C=O) groups is 1. The van der Waals surface area contributed by atoms with Gasteiger partial charge in [-0.25, -0.2) is 0 Å². The first-order chi connectivity index (χ1) is 8.99. The fourth-order valence-electron chi connectivity index (χ4n) is 2.24. The van der Waals surface area contributed by atoms with Crippen molar-refractivity contribution in [2.75, 3.05) is 11.9 Å². The van der Waals surface area contributed by atoms with Crippen molar-refractivity contribution in [3.63, 3.8) is 0 Å². The molecule has 0 heterocycles. The molecule has 19 heavy (non-hydrogen) atoms. The van der Waals surface area contributed by atoms with Crippen LogP contribution in [0.3, 0.4) is 0 Å². The second kappa shape index (κ2) is 5.27. The Kier molecular flexibility index (Phi) is 3.70. The van der Waals surface area contributed by atoms with Crippen LogP contribution >= 0.6 is 0 Å². The third-order valence-electron chi connectivity index (χ3n) is 3.37. The summed E-state index contributed by atoms with van der Waals surface area (Å²) < 4.78 is 0. The minimum absolute atomic E-state index is 0.0979. The molecule has 0 spiro atoms. The highest BCUT2D eigenvalue weighted by Gasteiger charge is 2.07. The van der Waals surface area contributed by atoms with Gasteiger partial charge in [-0.2, -0.15) is 0 Å². The van der Waals surface area contributed by atoms with Crippen LogP contribution in [0.2, 0.25) is 0 Å². The van der Waals surface area contributed by atoms with Gasteiger partial charge in [0.05, 0.1) is 0 Å². The van der Waals surface area contributed by atoms with Gasteiger partial charge in [0.2, 0.25) is 0 Å². The van der Waals surface area contributed by atoms with Crippen molar-refractivity contribution in [3.8, 4) is 0 Å². The number of benzene rings is 2. The lowest BCUT2D eigenvalue weighted by Gasteiger charge is -2.22. The number of carbonyl (C=O) groups excluding carboxylic acids is 1. The molecule has 0 bridgehead atoms. The maximum atomic E-state index is 11.3. The lowest BCUT2D eigenvalue weighted by molar-refractivity contribution is 0.101. The van der Waals surface area contributed by atoms with Gasteiger partial charge in [0, 0.05) is 24.0 Å². The second-order valence-electron chi connectivity index (χ2n) is 4.95. The number of hydrogen-bond acceptors (Lipinski definition) is 2. The van der Waals surface area contributed by atoms with E-state index in [1.54, 1.807) is 6.92 Å². The Bertz CT molecular complexity index is 599. The Morgan fingerprint density at radius 1 is 1.00 bits per heavy atom. The molecule has 0 aliphatic heterocycles. The molecule has 2 aromatic rings. The molecule has 0 atom stereocenters. The van der Waals surface area contributed by atoms with E-state index in [2.05, 4.69) is 36.9 Å². The molecule has 0 amide bonds. The molecule has 0 saturated carbocycles. The highest BCUT2D eigenvalue weighted by atomic mass is 16.1. The molecule has 98 valence electrons. The summed E-state index contributed by atoms with van der Waals surface area (Å²) in [6.07, 6.45) is 0. The average molecular weight is 253 g/mol. The summed E-state index contributed by atoms with van der Waals surface area (Å²) in [4.78, 5) is 13.4. The summed E-state index contributed by atoms with van der Waals surface area (Å²) in [6, 6.07) is 14.1. The van der Waals surface area contributed by atoms with E-state index in [-0.39, 0.29) is 5.78 Å². The molecule has 2 heteroatoms. The van der Waals surface area contributed by atoms with Crippen molar-refractivity contribution in [3.05, 3.63) is 59.2 Å². The van der Waals surface area contributed by atoms with E-state index in [0.717, 1.165) is 11.3 Å². The zero-order valence-electron chi connectivity index (χ0n) is 11.9. The van der Waals surface area contributed by atoms with E-state index < -0.39 is 0 Å². The lowest BCUT2D eigenvalue weighted by Crippen LogP contribution is -2.11. The second-order valence-corrected chi connectivity index (χ2v) is 4.95. The molecule has 0 radical (unpaired) electrons. The van der Waals surface area contributed by atoms with Gasteiger partial charge in [-0.3, -0.25) is 4.79 Å². The first-order valence-corrected chi connectivity index (χ1v) is 6.41. The van der Waals surface area contributed by atoms with Gasteiger partial charge < -0.3 is 4.90 Å². The first-order valence-electron chi connectivity index (χ1n) is 6.41. The first kappa shape index (κ1) is 13.3. The summed E-state index contributed by atoms with van der Waals surface area (Å²) in [5, 5.41) is 0. The molecule has 0 aliphatic carbocycles. The number of Topliss-reactive ketones (excluding diaryl/α,β-unsaturated/α-hetero) is 1. The summed E-state index contributed by atoms with van der Waals surface area (Å²) >= 11 is 0. The van der Waals surface area contributed by atoms with E-state index in [4.69, 9.17) is 0 Å². The standard InChI is InChI=1S/C17H19NO/c1-12-5-10-17(13(2)11-12)18(4)16-8-6-15(7-9-16)14(3)19/h5-11H,1-4H3. The van der Waals surface area contributed by atoms with Crippen LogP contribution in [-0.2, 0) is 0 Å². The number of ketones is 1. The van der Waals surface area contributed by atoms with E-state index in [9.17, 15) is 4.79 Å². The fourth-order valence-corrected chi connectivity index (χ4v) is 2.24. The van der Waals surface area contributed by atoms with Crippen molar-refractivity contribution >= 4 is 17.2 Å². The quantitative estimate of drug-likeness (QED) is 0.761. The van der Waals surface area contributed by atoms with E-state index >= 15 is 0 Å². The van der Waals surface area contributed by atoms with Gasteiger partial charge >= 0.3 is 0 Å². The van der Waals surface area contributed by atoms with E-state index in [1.165, 1.54) is 16.8 Å². The number of anilines is 2. The summed E-state index contributed by atoms with van der Waals surface area (Å²) in [7, 11) is 2.04.